The highest BCUT2D eigenvalue weighted by Gasteiger charge is 2.19. The number of para-hydroxylation sites is 4. The summed E-state index contributed by atoms with van der Waals surface area (Å²) >= 11 is 0. The molecule has 0 bridgehead atoms. The summed E-state index contributed by atoms with van der Waals surface area (Å²) in [5.74, 6) is 0. The van der Waals surface area contributed by atoms with Crippen molar-refractivity contribution < 1.29 is 4.42 Å². The van der Waals surface area contributed by atoms with Crippen molar-refractivity contribution in [1.29, 1.82) is 0 Å². The predicted molar refractivity (Wildman–Crippen MR) is 264 cm³/mol. The Balaban J connectivity index is 0.925. The number of nitrogens with zero attached hydrogens (tertiary/aromatic N) is 2. The van der Waals surface area contributed by atoms with Crippen molar-refractivity contribution in [3.63, 3.8) is 0 Å². The van der Waals surface area contributed by atoms with Crippen LogP contribution in [0.5, 0.6) is 0 Å². The molecule has 3 heteroatoms. The summed E-state index contributed by atoms with van der Waals surface area (Å²) in [6, 6.07) is 86.8. The van der Waals surface area contributed by atoms with Gasteiger partial charge in [-0.1, -0.05) is 182 Å². The van der Waals surface area contributed by atoms with Crippen molar-refractivity contribution in [3.8, 4) is 50.2 Å². The molecule has 0 N–H and O–H groups in total. The third-order valence-corrected chi connectivity index (χ3v) is 12.4. The van der Waals surface area contributed by atoms with Gasteiger partial charge < -0.3 is 13.9 Å². The quantitative estimate of drug-likeness (QED) is 0.153. The van der Waals surface area contributed by atoms with Gasteiger partial charge in [-0.15, -0.1) is 0 Å². The second-order valence-electron chi connectivity index (χ2n) is 16.1. The van der Waals surface area contributed by atoms with E-state index in [-0.39, 0.29) is 0 Å². The summed E-state index contributed by atoms with van der Waals surface area (Å²) in [5, 5.41) is 4.71. The molecule has 10 aromatic carbocycles. The molecule has 2 heterocycles. The first-order valence-corrected chi connectivity index (χ1v) is 21.5. The van der Waals surface area contributed by atoms with E-state index in [1.165, 1.54) is 44.1 Å². The first-order chi connectivity index (χ1) is 31.2. The van der Waals surface area contributed by atoms with Crippen molar-refractivity contribution in [1.82, 2.24) is 4.57 Å². The minimum Gasteiger partial charge on any atom is -0.455 e. The smallest absolute Gasteiger partial charge is 0.143 e. The average Bonchev–Trinajstić information content (AvgIpc) is 3.92. The van der Waals surface area contributed by atoms with Crippen LogP contribution in [0.3, 0.4) is 0 Å². The van der Waals surface area contributed by atoms with Gasteiger partial charge in [0.1, 0.15) is 11.2 Å². The molecule has 63 heavy (non-hydrogen) atoms. The summed E-state index contributed by atoms with van der Waals surface area (Å²) in [6.45, 7) is 0. The van der Waals surface area contributed by atoms with Gasteiger partial charge in [-0.2, -0.15) is 0 Å². The van der Waals surface area contributed by atoms with Crippen molar-refractivity contribution in [2.75, 3.05) is 4.90 Å². The van der Waals surface area contributed by atoms with Gasteiger partial charge in [-0.25, -0.2) is 0 Å². The Labute approximate surface area is 366 Å². The van der Waals surface area contributed by atoms with Crippen molar-refractivity contribution in [2.45, 2.75) is 0 Å². The first-order valence-electron chi connectivity index (χ1n) is 21.5. The fraction of sp³-hybridized carbons (Fsp3) is 0. The van der Waals surface area contributed by atoms with Gasteiger partial charge in [-0.05, 0) is 94.0 Å². The number of hydrogen-bond donors (Lipinski definition) is 0. The predicted octanol–water partition coefficient (Wildman–Crippen LogP) is 16.8. The van der Waals surface area contributed by atoms with Gasteiger partial charge in [0.05, 0.1) is 11.0 Å². The van der Waals surface area contributed by atoms with E-state index in [9.17, 15) is 0 Å². The molecule has 0 amide bonds. The van der Waals surface area contributed by atoms with Gasteiger partial charge >= 0.3 is 0 Å². The molecule has 12 aromatic rings. The minimum absolute atomic E-state index is 0.885. The second kappa shape index (κ2) is 15.3. The molecule has 0 aliphatic heterocycles. The molecule has 12 rings (SSSR count). The van der Waals surface area contributed by atoms with Crippen LogP contribution in [0, 0.1) is 0 Å². The fourth-order valence-electron chi connectivity index (χ4n) is 9.39. The van der Waals surface area contributed by atoms with E-state index in [1.54, 1.807) is 0 Å². The molecule has 0 aliphatic carbocycles. The van der Waals surface area contributed by atoms with E-state index in [2.05, 4.69) is 252 Å². The maximum Gasteiger partial charge on any atom is 0.143 e. The van der Waals surface area contributed by atoms with Gasteiger partial charge in [0.15, 0.2) is 0 Å². The zero-order chi connectivity index (χ0) is 41.7. The van der Waals surface area contributed by atoms with E-state index >= 15 is 0 Å². The van der Waals surface area contributed by atoms with Gasteiger partial charge in [-0.3, -0.25) is 0 Å². The normalized spacial score (nSPS) is 11.5. The van der Waals surface area contributed by atoms with Crippen LogP contribution in [0.2, 0.25) is 0 Å². The molecule has 296 valence electrons. The summed E-state index contributed by atoms with van der Waals surface area (Å²) in [4.78, 5) is 2.33. The molecule has 0 fully saturated rings. The Hall–Kier alpha value is -8.40. The van der Waals surface area contributed by atoms with Crippen molar-refractivity contribution in [2.24, 2.45) is 0 Å². The van der Waals surface area contributed by atoms with Crippen LogP contribution in [0.1, 0.15) is 0 Å². The average molecular weight is 805 g/mol. The van der Waals surface area contributed by atoms with Crippen LogP contribution in [0.25, 0.3) is 93.9 Å². The number of hydrogen-bond acceptors (Lipinski definition) is 2. The molecular formula is C60H40N2O. The molecule has 0 spiro atoms. The molecule has 0 atom stereocenters. The van der Waals surface area contributed by atoms with Gasteiger partial charge in [0.25, 0.3) is 0 Å². The van der Waals surface area contributed by atoms with E-state index in [0.29, 0.717) is 0 Å². The standard InChI is InChI=1S/C60H40N2O/c1-3-14-41(15-4-1)43-28-34-47(35-29-43)61(48-36-30-44(31-37-48)42-16-5-2-6-17-42)49-38-32-45(33-39-49)51-22-12-24-55-56-25-13-23-52(60(56)63-59(51)55)46-18-11-19-50(40-46)62-57-26-9-7-20-53(57)54-21-8-10-27-58(54)62/h1-40H. The Kier molecular flexibility index (Phi) is 8.83. The lowest BCUT2D eigenvalue weighted by Crippen LogP contribution is -2.09. The maximum absolute atomic E-state index is 6.99. The number of furan rings is 1. The lowest BCUT2D eigenvalue weighted by molar-refractivity contribution is 0.671. The molecule has 2 aromatic heterocycles. The Morgan fingerprint density at radius 2 is 0.667 bits per heavy atom. The zero-order valence-corrected chi connectivity index (χ0v) is 34.4. The molecule has 0 saturated carbocycles. The summed E-state index contributed by atoms with van der Waals surface area (Å²) in [5.41, 5.74) is 17.6. The molecule has 0 saturated heterocycles. The van der Waals surface area contributed by atoms with Crippen LogP contribution >= 0.6 is 0 Å². The lowest BCUT2D eigenvalue weighted by atomic mass is 9.99. The van der Waals surface area contributed by atoms with Gasteiger partial charge in [0, 0.05) is 55.4 Å². The summed E-state index contributed by atoms with van der Waals surface area (Å²) in [7, 11) is 0. The Morgan fingerprint density at radius 1 is 0.286 bits per heavy atom. The van der Waals surface area contributed by atoms with Gasteiger partial charge in [0.2, 0.25) is 0 Å². The number of benzene rings is 10. The van der Waals surface area contributed by atoms with Crippen LogP contribution in [-0.2, 0) is 0 Å². The van der Waals surface area contributed by atoms with Crippen LogP contribution in [0.4, 0.5) is 17.1 Å². The van der Waals surface area contributed by atoms with E-state index in [4.69, 9.17) is 4.42 Å². The highest BCUT2D eigenvalue weighted by Crippen LogP contribution is 2.43. The van der Waals surface area contributed by atoms with Crippen LogP contribution < -0.4 is 4.90 Å². The highest BCUT2D eigenvalue weighted by molar-refractivity contribution is 6.13. The lowest BCUT2D eigenvalue weighted by Gasteiger charge is -2.26. The number of rotatable bonds is 8. The zero-order valence-electron chi connectivity index (χ0n) is 34.4. The maximum atomic E-state index is 6.99. The topological polar surface area (TPSA) is 21.3 Å². The van der Waals surface area contributed by atoms with Crippen molar-refractivity contribution in [3.05, 3.63) is 243 Å². The molecular weight excluding hydrogens is 765 g/mol. The van der Waals surface area contributed by atoms with E-state index in [0.717, 1.165) is 66.9 Å². The van der Waals surface area contributed by atoms with Crippen molar-refractivity contribution >= 4 is 60.8 Å². The largest absolute Gasteiger partial charge is 0.455 e. The van der Waals surface area contributed by atoms with E-state index in [1.807, 2.05) is 0 Å². The first kappa shape index (κ1) is 36.5. The number of aromatic nitrogens is 1. The highest BCUT2D eigenvalue weighted by atomic mass is 16.3. The Bertz CT molecular complexity index is 3450. The molecule has 3 nitrogen and oxygen atoms in total. The SMILES string of the molecule is c1ccc(-c2ccc(N(c3ccc(-c4ccccc4)cc3)c3ccc(-c4cccc5c4oc4c(-c6cccc(-n7c8ccccc8c8ccccc87)c6)cccc45)cc3)cc2)cc1. The number of anilines is 3. The third kappa shape index (κ3) is 6.38. The monoisotopic (exact) mass is 804 g/mol. The minimum atomic E-state index is 0.885. The fourth-order valence-corrected chi connectivity index (χ4v) is 9.39. The van der Waals surface area contributed by atoms with Crippen LogP contribution in [0.15, 0.2) is 247 Å². The Morgan fingerprint density at radius 3 is 1.17 bits per heavy atom. The number of fused-ring (bicyclic) bond motifs is 6. The van der Waals surface area contributed by atoms with E-state index < -0.39 is 0 Å². The van der Waals surface area contributed by atoms with Crippen LogP contribution in [-0.4, -0.2) is 4.57 Å². The third-order valence-electron chi connectivity index (χ3n) is 12.4. The summed E-state index contributed by atoms with van der Waals surface area (Å²) < 4.78 is 9.36. The molecule has 0 aliphatic rings. The summed E-state index contributed by atoms with van der Waals surface area (Å²) in [6.07, 6.45) is 0. The molecule has 0 radical (unpaired) electrons. The second-order valence-corrected chi connectivity index (χ2v) is 16.1. The molecule has 0 unspecified atom stereocenters.